The molecule has 164 valence electrons. The number of aliphatic carboxylic acids is 1. The molecule has 1 aliphatic rings. The first-order valence-electron chi connectivity index (χ1n) is 9.82. The van der Waals surface area contributed by atoms with Crippen molar-refractivity contribution in [2.45, 2.75) is 51.4 Å². The lowest BCUT2D eigenvalue weighted by molar-refractivity contribution is -0.139. The third-order valence-electron chi connectivity index (χ3n) is 5.67. The summed E-state index contributed by atoms with van der Waals surface area (Å²) in [5.41, 5.74) is 0.184. The van der Waals surface area contributed by atoms with E-state index in [9.17, 15) is 23.5 Å². The van der Waals surface area contributed by atoms with E-state index in [1.165, 1.54) is 0 Å². The molecule has 1 atom stereocenters. The zero-order valence-electron chi connectivity index (χ0n) is 17.7. The molecule has 0 unspecified atom stereocenters. The molecule has 1 saturated heterocycles. The molecule has 9 heteroatoms. The number of carboxylic acids is 1. The molecule has 0 aromatic heterocycles. The largest absolute Gasteiger partial charge is 0.494 e. The highest BCUT2D eigenvalue weighted by molar-refractivity contribution is 6.62. The van der Waals surface area contributed by atoms with Gasteiger partial charge in [-0.2, -0.15) is 0 Å². The first kappa shape index (κ1) is 22.9. The normalized spacial score (nSPS) is 17.9. The average Bonchev–Trinajstić information content (AvgIpc) is 2.88. The molecule has 0 spiro atoms. The van der Waals surface area contributed by atoms with E-state index in [2.05, 4.69) is 5.32 Å². The zero-order chi connectivity index (χ0) is 23.0. The van der Waals surface area contributed by atoms with Gasteiger partial charge in [0.1, 0.15) is 17.7 Å². The maximum Gasteiger partial charge on any atom is 0.494 e. The van der Waals surface area contributed by atoms with Crippen LogP contribution in [0.1, 0.15) is 43.6 Å². The van der Waals surface area contributed by atoms with Gasteiger partial charge in [-0.25, -0.2) is 13.6 Å². The number of hydrogen-bond donors (Lipinski definition) is 2. The maximum absolute atomic E-state index is 13.3. The lowest BCUT2D eigenvalue weighted by atomic mass is 9.78. The lowest BCUT2D eigenvalue weighted by Crippen LogP contribution is -2.42. The van der Waals surface area contributed by atoms with E-state index in [0.717, 1.165) is 17.6 Å². The van der Waals surface area contributed by atoms with Crippen LogP contribution in [-0.4, -0.2) is 41.3 Å². The van der Waals surface area contributed by atoms with Crippen molar-refractivity contribution in [1.29, 1.82) is 0 Å². The van der Waals surface area contributed by atoms with Gasteiger partial charge in [0.2, 0.25) is 0 Å². The van der Waals surface area contributed by atoms with Crippen molar-refractivity contribution >= 4 is 24.5 Å². The predicted octanol–water partition coefficient (Wildman–Crippen LogP) is 2.69. The summed E-state index contributed by atoms with van der Waals surface area (Å²) < 4.78 is 38.7. The monoisotopic (exact) mass is 431 g/mol. The fraction of sp³-hybridized carbons (Fsp3) is 0.364. The van der Waals surface area contributed by atoms with E-state index in [1.54, 1.807) is 24.3 Å². The van der Waals surface area contributed by atoms with Crippen LogP contribution < -0.4 is 10.8 Å². The second kappa shape index (κ2) is 8.40. The number of carbonyl (C=O) groups excluding carboxylic acids is 1. The molecule has 3 rings (SSSR count). The summed E-state index contributed by atoms with van der Waals surface area (Å²) in [6, 6.07) is 8.05. The van der Waals surface area contributed by atoms with Gasteiger partial charge in [0.25, 0.3) is 5.91 Å². The summed E-state index contributed by atoms with van der Waals surface area (Å²) in [5.74, 6) is -3.98. The van der Waals surface area contributed by atoms with Gasteiger partial charge in [0.15, 0.2) is 0 Å². The average molecular weight is 431 g/mol. The molecule has 1 heterocycles. The molecule has 0 radical (unpaired) electrons. The molecule has 0 aliphatic carbocycles. The van der Waals surface area contributed by atoms with E-state index in [-0.39, 0.29) is 12.0 Å². The Balaban J connectivity index is 1.69. The fourth-order valence-corrected chi connectivity index (χ4v) is 3.15. The summed E-state index contributed by atoms with van der Waals surface area (Å²) in [5, 5.41) is 11.8. The van der Waals surface area contributed by atoms with Crippen molar-refractivity contribution in [3.63, 3.8) is 0 Å². The second-order valence-corrected chi connectivity index (χ2v) is 8.56. The zero-order valence-corrected chi connectivity index (χ0v) is 17.7. The Morgan fingerprint density at radius 2 is 1.52 bits per heavy atom. The number of benzene rings is 2. The van der Waals surface area contributed by atoms with Crippen molar-refractivity contribution in [2.24, 2.45) is 0 Å². The van der Waals surface area contributed by atoms with Crippen molar-refractivity contribution in [1.82, 2.24) is 5.32 Å². The predicted molar refractivity (Wildman–Crippen MR) is 111 cm³/mol. The van der Waals surface area contributed by atoms with Gasteiger partial charge in [-0.1, -0.05) is 24.3 Å². The van der Waals surface area contributed by atoms with Crippen LogP contribution in [0, 0.1) is 11.6 Å². The highest BCUT2D eigenvalue weighted by Crippen LogP contribution is 2.36. The molecule has 1 amide bonds. The molecule has 2 aromatic carbocycles. The SMILES string of the molecule is CC1(C)OB(c2ccc(C[C@H](NC(=O)c3cc(F)cc(F)c3)C(=O)O)cc2)OC1(C)C. The van der Waals surface area contributed by atoms with Crippen molar-refractivity contribution < 1.29 is 32.8 Å². The summed E-state index contributed by atoms with van der Waals surface area (Å²) >= 11 is 0. The second-order valence-electron chi connectivity index (χ2n) is 8.56. The topological polar surface area (TPSA) is 84.9 Å². The first-order valence-corrected chi connectivity index (χ1v) is 9.82. The van der Waals surface area contributed by atoms with Crippen LogP contribution in [0.2, 0.25) is 0 Å². The van der Waals surface area contributed by atoms with Gasteiger partial charge in [-0.05, 0) is 50.9 Å². The van der Waals surface area contributed by atoms with Gasteiger partial charge in [-0.3, -0.25) is 4.79 Å². The Bertz CT molecular complexity index is 958. The Labute approximate surface area is 179 Å². The minimum atomic E-state index is -1.28. The Kier molecular flexibility index (Phi) is 6.20. The summed E-state index contributed by atoms with van der Waals surface area (Å²) in [7, 11) is -0.545. The Morgan fingerprint density at radius 3 is 2.00 bits per heavy atom. The Morgan fingerprint density at radius 1 is 1.00 bits per heavy atom. The summed E-state index contributed by atoms with van der Waals surface area (Å²) in [6.45, 7) is 7.80. The molecule has 6 nitrogen and oxygen atoms in total. The van der Waals surface area contributed by atoms with Crippen LogP contribution in [0.3, 0.4) is 0 Å². The van der Waals surface area contributed by atoms with E-state index < -0.39 is 47.9 Å². The molecular weight excluding hydrogens is 407 g/mol. The van der Waals surface area contributed by atoms with Crippen LogP contribution in [0.5, 0.6) is 0 Å². The van der Waals surface area contributed by atoms with Crippen LogP contribution >= 0.6 is 0 Å². The van der Waals surface area contributed by atoms with Crippen LogP contribution in [0.4, 0.5) is 8.78 Å². The molecule has 0 saturated carbocycles. The number of halogens is 2. The molecule has 2 aromatic rings. The van der Waals surface area contributed by atoms with Crippen LogP contribution in [0.15, 0.2) is 42.5 Å². The minimum absolute atomic E-state index is 0.0114. The molecule has 0 bridgehead atoms. The molecule has 31 heavy (non-hydrogen) atoms. The van der Waals surface area contributed by atoms with Crippen LogP contribution in [0.25, 0.3) is 0 Å². The van der Waals surface area contributed by atoms with Gasteiger partial charge < -0.3 is 19.7 Å². The Hall–Kier alpha value is -2.78. The maximum atomic E-state index is 13.3. The van der Waals surface area contributed by atoms with E-state index in [1.807, 2.05) is 27.7 Å². The quantitative estimate of drug-likeness (QED) is 0.688. The number of amides is 1. The number of nitrogens with one attached hydrogen (secondary N) is 1. The van der Waals surface area contributed by atoms with E-state index in [0.29, 0.717) is 11.6 Å². The number of carboxylic acid groups (broad SMARTS) is 1. The van der Waals surface area contributed by atoms with Crippen molar-refractivity contribution in [2.75, 3.05) is 0 Å². The highest BCUT2D eigenvalue weighted by Gasteiger charge is 2.51. The number of carbonyl (C=O) groups is 2. The molecule has 1 aliphatic heterocycles. The molecular formula is C22H24BF2NO5. The molecule has 2 N–H and O–H groups in total. The van der Waals surface area contributed by atoms with Gasteiger partial charge in [0, 0.05) is 18.1 Å². The number of rotatable bonds is 6. The summed E-state index contributed by atoms with van der Waals surface area (Å²) in [4.78, 5) is 23.9. The van der Waals surface area contributed by atoms with Crippen LogP contribution in [-0.2, 0) is 20.5 Å². The summed E-state index contributed by atoms with van der Waals surface area (Å²) in [6.07, 6.45) is -0.0114. The minimum Gasteiger partial charge on any atom is -0.480 e. The smallest absolute Gasteiger partial charge is 0.480 e. The lowest BCUT2D eigenvalue weighted by Gasteiger charge is -2.32. The highest BCUT2D eigenvalue weighted by atomic mass is 19.1. The van der Waals surface area contributed by atoms with Crippen molar-refractivity contribution in [3.05, 3.63) is 65.2 Å². The first-order chi connectivity index (χ1) is 14.4. The third-order valence-corrected chi connectivity index (χ3v) is 5.67. The standard InChI is InChI=1S/C22H24BF2NO5/c1-21(2)22(3,4)31-23(30-21)15-7-5-13(6-8-15)9-18(20(28)29)26-19(27)14-10-16(24)12-17(25)11-14/h5-8,10-12,18H,9H2,1-4H3,(H,26,27)(H,28,29)/t18-/m0/s1. The number of hydrogen-bond acceptors (Lipinski definition) is 4. The third kappa shape index (κ3) is 5.11. The van der Waals surface area contributed by atoms with Gasteiger partial charge in [-0.15, -0.1) is 0 Å². The fourth-order valence-electron chi connectivity index (χ4n) is 3.15. The van der Waals surface area contributed by atoms with Gasteiger partial charge >= 0.3 is 13.1 Å². The molecule has 1 fully saturated rings. The van der Waals surface area contributed by atoms with Crippen molar-refractivity contribution in [3.8, 4) is 0 Å². The van der Waals surface area contributed by atoms with E-state index in [4.69, 9.17) is 9.31 Å². The van der Waals surface area contributed by atoms with E-state index >= 15 is 0 Å². The van der Waals surface area contributed by atoms with Gasteiger partial charge in [0.05, 0.1) is 11.2 Å².